The Morgan fingerprint density at radius 1 is 1.44 bits per heavy atom. The molecule has 0 atom stereocenters. The lowest BCUT2D eigenvalue weighted by Crippen LogP contribution is -2.07. The van der Waals surface area contributed by atoms with Gasteiger partial charge in [0.2, 0.25) is 0 Å². The number of hydrogen-bond acceptors (Lipinski definition) is 5. The lowest BCUT2D eigenvalue weighted by molar-refractivity contribution is 0.0601. The van der Waals surface area contributed by atoms with E-state index in [1.165, 1.54) is 18.9 Å². The van der Waals surface area contributed by atoms with Crippen LogP contribution in [0.25, 0.3) is 0 Å². The number of methoxy groups -OCH3 is 2. The Kier molecular flexibility index (Phi) is 4.49. The number of nitrogen functional groups attached to an aromatic ring is 1. The van der Waals surface area contributed by atoms with Gasteiger partial charge in [0.05, 0.1) is 30.4 Å². The normalized spacial score (nSPS) is 9.94. The first-order valence-corrected chi connectivity index (χ1v) is 5.81. The largest absolute Gasteiger partial charge is 0.496 e. The second kappa shape index (κ2) is 5.65. The van der Waals surface area contributed by atoms with Crippen LogP contribution >= 0.6 is 11.8 Å². The van der Waals surface area contributed by atoms with Crippen molar-refractivity contribution in [2.45, 2.75) is 11.8 Å². The lowest BCUT2D eigenvalue weighted by Gasteiger charge is -2.12. The van der Waals surface area contributed by atoms with Gasteiger partial charge in [-0.05, 0) is 17.9 Å². The maximum Gasteiger partial charge on any atom is 0.340 e. The van der Waals surface area contributed by atoms with Crippen LogP contribution in [0.2, 0.25) is 0 Å². The summed E-state index contributed by atoms with van der Waals surface area (Å²) in [4.78, 5) is 12.2. The zero-order chi connectivity index (χ0) is 12.1. The fraction of sp³-hybridized carbons (Fsp3) is 0.364. The van der Waals surface area contributed by atoms with Crippen LogP contribution in [0.4, 0.5) is 5.69 Å². The minimum atomic E-state index is -0.432. The zero-order valence-electron chi connectivity index (χ0n) is 9.57. The molecule has 0 radical (unpaired) electrons. The molecule has 0 heterocycles. The monoisotopic (exact) mass is 241 g/mol. The van der Waals surface area contributed by atoms with Crippen LogP contribution in [0.1, 0.15) is 17.3 Å². The molecule has 1 rings (SSSR count). The molecule has 4 nitrogen and oxygen atoms in total. The second-order valence-electron chi connectivity index (χ2n) is 2.98. The number of benzene rings is 1. The molecule has 2 N–H and O–H groups in total. The first kappa shape index (κ1) is 12.7. The first-order valence-electron chi connectivity index (χ1n) is 4.83. The van der Waals surface area contributed by atoms with Gasteiger partial charge in [-0.25, -0.2) is 4.79 Å². The third kappa shape index (κ3) is 2.41. The van der Waals surface area contributed by atoms with Gasteiger partial charge in [-0.15, -0.1) is 11.8 Å². The molecule has 0 aromatic heterocycles. The maximum atomic E-state index is 11.4. The molecule has 0 amide bonds. The fourth-order valence-corrected chi connectivity index (χ4v) is 2.17. The molecular weight excluding hydrogens is 226 g/mol. The first-order chi connectivity index (χ1) is 7.65. The Hall–Kier alpha value is -1.36. The molecule has 0 aliphatic heterocycles. The van der Waals surface area contributed by atoms with E-state index in [-0.39, 0.29) is 0 Å². The minimum absolute atomic E-state index is 0.374. The maximum absolute atomic E-state index is 11.4. The predicted molar refractivity (Wildman–Crippen MR) is 65.1 cm³/mol. The van der Waals surface area contributed by atoms with Crippen molar-refractivity contribution in [2.24, 2.45) is 0 Å². The molecule has 1 aromatic rings. The number of carbonyl (C=O) groups is 1. The summed E-state index contributed by atoms with van der Waals surface area (Å²) in [6, 6.07) is 3.33. The third-order valence-electron chi connectivity index (χ3n) is 2.07. The number of ether oxygens (including phenoxy) is 2. The van der Waals surface area contributed by atoms with Gasteiger partial charge in [0.15, 0.2) is 0 Å². The molecule has 1 aromatic carbocycles. The van der Waals surface area contributed by atoms with Crippen LogP contribution in [0.15, 0.2) is 17.0 Å². The zero-order valence-corrected chi connectivity index (χ0v) is 10.4. The van der Waals surface area contributed by atoms with Crippen molar-refractivity contribution in [1.82, 2.24) is 0 Å². The Balaban J connectivity index is 3.25. The SMILES string of the molecule is CCSc1c(OC)ccc(C(=O)OC)c1N. The predicted octanol–water partition coefficient (Wildman–Crippen LogP) is 2.18. The highest BCUT2D eigenvalue weighted by molar-refractivity contribution is 7.99. The highest BCUT2D eigenvalue weighted by atomic mass is 32.2. The van der Waals surface area contributed by atoms with Gasteiger partial charge < -0.3 is 15.2 Å². The standard InChI is InChI=1S/C11H15NO3S/c1-4-16-10-8(14-2)6-5-7(9(10)12)11(13)15-3/h5-6H,4,12H2,1-3H3. The minimum Gasteiger partial charge on any atom is -0.496 e. The fourth-order valence-electron chi connectivity index (χ4n) is 1.32. The van der Waals surface area contributed by atoms with Gasteiger partial charge in [0.1, 0.15) is 5.75 Å². The van der Waals surface area contributed by atoms with Gasteiger partial charge in [-0.1, -0.05) is 6.92 Å². The van der Waals surface area contributed by atoms with Crippen molar-refractivity contribution in [1.29, 1.82) is 0 Å². The third-order valence-corrected chi connectivity index (χ3v) is 3.07. The summed E-state index contributed by atoms with van der Waals surface area (Å²) in [7, 11) is 2.91. The van der Waals surface area contributed by atoms with Gasteiger partial charge in [0.25, 0.3) is 0 Å². The highest BCUT2D eigenvalue weighted by Gasteiger charge is 2.16. The van der Waals surface area contributed by atoms with Gasteiger partial charge in [-0.2, -0.15) is 0 Å². The van der Waals surface area contributed by atoms with E-state index >= 15 is 0 Å². The van der Waals surface area contributed by atoms with Crippen LogP contribution in [0.5, 0.6) is 5.75 Å². The number of rotatable bonds is 4. The van der Waals surface area contributed by atoms with E-state index in [1.54, 1.807) is 19.2 Å². The highest BCUT2D eigenvalue weighted by Crippen LogP contribution is 2.36. The average molecular weight is 241 g/mol. The topological polar surface area (TPSA) is 61.5 Å². The molecule has 88 valence electrons. The Morgan fingerprint density at radius 3 is 2.62 bits per heavy atom. The number of nitrogens with two attached hydrogens (primary N) is 1. The van der Waals surface area contributed by atoms with Crippen LogP contribution in [-0.2, 0) is 4.74 Å². The molecule has 0 spiro atoms. The van der Waals surface area contributed by atoms with E-state index in [0.717, 1.165) is 10.6 Å². The molecule has 0 unspecified atom stereocenters. The molecule has 0 bridgehead atoms. The van der Waals surface area contributed by atoms with Crippen molar-refractivity contribution in [3.63, 3.8) is 0 Å². The summed E-state index contributed by atoms with van der Waals surface area (Å²) >= 11 is 1.54. The van der Waals surface area contributed by atoms with Crippen LogP contribution in [0.3, 0.4) is 0 Å². The van der Waals surface area contributed by atoms with Crippen LogP contribution in [-0.4, -0.2) is 25.9 Å². The Bertz CT molecular complexity index is 393. The molecule has 0 fully saturated rings. The molecule has 0 saturated heterocycles. The average Bonchev–Trinajstić information content (AvgIpc) is 2.31. The molecule has 16 heavy (non-hydrogen) atoms. The van der Waals surface area contributed by atoms with Gasteiger partial charge in [0, 0.05) is 0 Å². The summed E-state index contributed by atoms with van der Waals surface area (Å²) < 4.78 is 9.85. The number of anilines is 1. The second-order valence-corrected chi connectivity index (χ2v) is 4.26. The number of esters is 1. The molecular formula is C11H15NO3S. The van der Waals surface area contributed by atoms with E-state index < -0.39 is 5.97 Å². The Morgan fingerprint density at radius 2 is 2.12 bits per heavy atom. The Labute approximate surface area is 99.1 Å². The summed E-state index contributed by atoms with van der Waals surface area (Å²) in [6.07, 6.45) is 0. The van der Waals surface area contributed by atoms with Crippen LogP contribution < -0.4 is 10.5 Å². The van der Waals surface area contributed by atoms with Crippen LogP contribution in [0, 0.1) is 0 Å². The van der Waals surface area contributed by atoms with Gasteiger partial charge >= 0.3 is 5.97 Å². The summed E-state index contributed by atoms with van der Waals surface area (Å²) in [5.74, 6) is 1.10. The van der Waals surface area contributed by atoms with Crippen molar-refractivity contribution in [2.75, 3.05) is 25.7 Å². The van der Waals surface area contributed by atoms with E-state index in [4.69, 9.17) is 10.5 Å². The molecule has 0 saturated carbocycles. The summed E-state index contributed by atoms with van der Waals surface area (Å²) in [5, 5.41) is 0. The van der Waals surface area contributed by atoms with Crippen molar-refractivity contribution < 1.29 is 14.3 Å². The lowest BCUT2D eigenvalue weighted by atomic mass is 10.1. The van der Waals surface area contributed by atoms with E-state index in [1.807, 2.05) is 6.92 Å². The van der Waals surface area contributed by atoms with Crippen molar-refractivity contribution >= 4 is 23.4 Å². The van der Waals surface area contributed by atoms with Crippen molar-refractivity contribution in [3.05, 3.63) is 17.7 Å². The number of thioether (sulfide) groups is 1. The van der Waals surface area contributed by atoms with Gasteiger partial charge in [-0.3, -0.25) is 0 Å². The van der Waals surface area contributed by atoms with E-state index in [9.17, 15) is 4.79 Å². The number of carbonyl (C=O) groups excluding carboxylic acids is 1. The summed E-state index contributed by atoms with van der Waals surface area (Å²) in [6.45, 7) is 2.01. The molecule has 0 aliphatic rings. The smallest absolute Gasteiger partial charge is 0.340 e. The quantitative estimate of drug-likeness (QED) is 0.497. The molecule has 5 heteroatoms. The summed E-state index contributed by atoms with van der Waals surface area (Å²) in [5.41, 5.74) is 6.71. The van der Waals surface area contributed by atoms with E-state index in [2.05, 4.69) is 4.74 Å². The number of hydrogen-bond donors (Lipinski definition) is 1. The van der Waals surface area contributed by atoms with Crippen molar-refractivity contribution in [3.8, 4) is 5.75 Å². The molecule has 0 aliphatic carbocycles. The van der Waals surface area contributed by atoms with E-state index in [0.29, 0.717) is 17.0 Å².